The Morgan fingerprint density at radius 1 is 0.870 bits per heavy atom. The summed E-state index contributed by atoms with van der Waals surface area (Å²) in [6.45, 7) is 3.52. The minimum Gasteiger partial charge on any atom is -0.352 e. The lowest BCUT2D eigenvalue weighted by Gasteiger charge is -2.34. The van der Waals surface area contributed by atoms with Gasteiger partial charge in [-0.15, -0.1) is 0 Å². The van der Waals surface area contributed by atoms with Crippen molar-refractivity contribution < 1.29 is 18.0 Å². The van der Waals surface area contributed by atoms with E-state index >= 15 is 0 Å². The number of nitrogens with one attached hydrogen (secondary N) is 1. The Bertz CT molecular complexity index is 1760. The van der Waals surface area contributed by atoms with E-state index in [0.29, 0.717) is 16.6 Å². The third-order valence-corrected chi connectivity index (χ3v) is 10.8. The van der Waals surface area contributed by atoms with Crippen molar-refractivity contribution in [1.29, 1.82) is 0 Å². The van der Waals surface area contributed by atoms with Crippen LogP contribution in [0.15, 0.2) is 112 Å². The smallest absolute Gasteiger partial charge is 0.264 e. The summed E-state index contributed by atoms with van der Waals surface area (Å²) in [7, 11) is -4.16. The predicted octanol–water partition coefficient (Wildman–Crippen LogP) is 6.96. The first-order chi connectivity index (χ1) is 22.1. The van der Waals surface area contributed by atoms with Crippen molar-refractivity contribution in [2.75, 3.05) is 10.8 Å². The van der Waals surface area contributed by atoms with E-state index < -0.39 is 28.5 Å². The van der Waals surface area contributed by atoms with Crippen molar-refractivity contribution in [3.63, 3.8) is 0 Å². The number of halogens is 1. The second-order valence-electron chi connectivity index (χ2n) is 11.9. The van der Waals surface area contributed by atoms with Gasteiger partial charge in [-0.25, -0.2) is 8.42 Å². The molecule has 0 bridgehead atoms. The number of aryl methyl sites for hydroxylation is 2. The maximum Gasteiger partial charge on any atom is 0.264 e. The Labute approximate surface area is 280 Å². The molecule has 0 aliphatic heterocycles. The van der Waals surface area contributed by atoms with Crippen LogP contribution in [0.5, 0.6) is 0 Å². The Hall–Kier alpha value is -3.95. The summed E-state index contributed by atoms with van der Waals surface area (Å²) < 4.78 is 30.2. The molecule has 4 aromatic carbocycles. The van der Waals surface area contributed by atoms with E-state index in [2.05, 4.69) is 21.2 Å². The van der Waals surface area contributed by atoms with Gasteiger partial charge in [-0.05, 0) is 73.7 Å². The molecule has 2 amide bonds. The van der Waals surface area contributed by atoms with Crippen LogP contribution in [-0.4, -0.2) is 43.8 Å². The Kier molecular flexibility index (Phi) is 11.0. The molecular weight excluding hydrogens is 662 g/mol. The molecule has 0 unspecified atom stereocenters. The first-order valence-corrected chi connectivity index (χ1v) is 17.9. The van der Waals surface area contributed by atoms with E-state index in [9.17, 15) is 18.0 Å². The first kappa shape index (κ1) is 33.4. The second-order valence-corrected chi connectivity index (χ2v) is 14.7. The van der Waals surface area contributed by atoms with Crippen molar-refractivity contribution in [3.05, 3.63) is 130 Å². The van der Waals surface area contributed by atoms with Crippen LogP contribution in [-0.2, 0) is 32.6 Å². The van der Waals surface area contributed by atoms with Crippen molar-refractivity contribution in [2.45, 2.75) is 69.5 Å². The van der Waals surface area contributed by atoms with Crippen molar-refractivity contribution in [3.8, 4) is 0 Å². The van der Waals surface area contributed by atoms with E-state index in [-0.39, 0.29) is 23.4 Å². The van der Waals surface area contributed by atoms with Crippen LogP contribution in [0.25, 0.3) is 0 Å². The summed E-state index contributed by atoms with van der Waals surface area (Å²) >= 11 is 3.46. The summed E-state index contributed by atoms with van der Waals surface area (Å²) in [4.78, 5) is 30.4. The molecule has 240 valence electrons. The number of hydrogen-bond acceptors (Lipinski definition) is 4. The molecule has 1 atom stereocenters. The molecule has 9 heteroatoms. The maximum absolute atomic E-state index is 14.7. The topological polar surface area (TPSA) is 86.8 Å². The van der Waals surface area contributed by atoms with Crippen LogP contribution in [0, 0.1) is 13.8 Å². The van der Waals surface area contributed by atoms with Gasteiger partial charge in [-0.3, -0.25) is 13.9 Å². The zero-order valence-electron chi connectivity index (χ0n) is 26.2. The number of anilines is 1. The highest BCUT2D eigenvalue weighted by Gasteiger charge is 2.35. The molecule has 4 aromatic rings. The number of rotatable bonds is 12. The fourth-order valence-electron chi connectivity index (χ4n) is 5.89. The highest BCUT2D eigenvalue weighted by atomic mass is 79.9. The molecule has 0 radical (unpaired) electrons. The van der Waals surface area contributed by atoms with Crippen LogP contribution in [0.4, 0.5) is 5.69 Å². The zero-order chi connectivity index (χ0) is 32.7. The lowest BCUT2D eigenvalue weighted by molar-refractivity contribution is -0.140. The fraction of sp³-hybridized carbons (Fsp3) is 0.297. The summed E-state index contributed by atoms with van der Waals surface area (Å²) in [5, 5.41) is 3.22. The molecule has 46 heavy (non-hydrogen) atoms. The van der Waals surface area contributed by atoms with E-state index in [1.807, 2.05) is 68.4 Å². The SMILES string of the molecule is Cc1ccc(S(=O)(=O)N(CC(=O)N(Cc2ccccc2C)[C@@H](Cc2ccccc2)C(=O)NC2CCCC2)c2cccc(Br)c2)cc1. The van der Waals surface area contributed by atoms with Gasteiger partial charge in [0.15, 0.2) is 0 Å². The lowest BCUT2D eigenvalue weighted by Crippen LogP contribution is -2.54. The molecule has 1 saturated carbocycles. The number of sulfonamides is 1. The Morgan fingerprint density at radius 3 is 2.22 bits per heavy atom. The number of amides is 2. The van der Waals surface area contributed by atoms with Gasteiger partial charge in [0.1, 0.15) is 12.6 Å². The standard InChI is InChI=1S/C37H40BrN3O4S/c1-27-19-21-34(22-20-27)46(44,45)41(33-18-10-15-31(38)24-33)26-36(42)40(25-30-14-7-6-11-28(30)2)35(23-29-12-4-3-5-13-29)37(43)39-32-16-8-9-17-32/h3-7,10-15,18-22,24,32,35H,8-9,16-17,23,25-26H2,1-2H3,(H,39,43)/t35-/m0/s1. The third kappa shape index (κ3) is 8.25. The predicted molar refractivity (Wildman–Crippen MR) is 186 cm³/mol. The van der Waals surface area contributed by atoms with E-state index in [0.717, 1.165) is 52.2 Å². The molecule has 0 aromatic heterocycles. The van der Waals surface area contributed by atoms with Crippen molar-refractivity contribution in [1.82, 2.24) is 10.2 Å². The summed E-state index contributed by atoms with van der Waals surface area (Å²) in [6, 6.07) is 30.1. The summed E-state index contributed by atoms with van der Waals surface area (Å²) in [5.74, 6) is -0.700. The van der Waals surface area contributed by atoms with Crippen LogP contribution < -0.4 is 9.62 Å². The van der Waals surface area contributed by atoms with Gasteiger partial charge < -0.3 is 10.2 Å². The molecular formula is C37H40BrN3O4S. The van der Waals surface area contributed by atoms with Crippen LogP contribution in [0.3, 0.4) is 0 Å². The molecule has 7 nitrogen and oxygen atoms in total. The molecule has 1 N–H and O–H groups in total. The molecule has 0 spiro atoms. The minimum absolute atomic E-state index is 0.0567. The highest BCUT2D eigenvalue weighted by Crippen LogP contribution is 2.28. The van der Waals surface area contributed by atoms with E-state index in [1.54, 1.807) is 53.4 Å². The zero-order valence-corrected chi connectivity index (χ0v) is 28.6. The first-order valence-electron chi connectivity index (χ1n) is 15.6. The van der Waals surface area contributed by atoms with Gasteiger partial charge >= 0.3 is 0 Å². The normalized spacial score (nSPS) is 14.1. The van der Waals surface area contributed by atoms with Gasteiger partial charge in [0, 0.05) is 23.5 Å². The lowest BCUT2D eigenvalue weighted by atomic mass is 10.0. The summed E-state index contributed by atoms with van der Waals surface area (Å²) in [6.07, 6.45) is 4.21. The van der Waals surface area contributed by atoms with Crippen LogP contribution in [0.1, 0.15) is 47.9 Å². The maximum atomic E-state index is 14.7. The summed E-state index contributed by atoms with van der Waals surface area (Å²) in [5.41, 5.74) is 4.04. The van der Waals surface area contributed by atoms with Crippen LogP contribution in [0.2, 0.25) is 0 Å². The highest BCUT2D eigenvalue weighted by molar-refractivity contribution is 9.10. The number of nitrogens with zero attached hydrogens (tertiary/aromatic N) is 2. The number of hydrogen-bond donors (Lipinski definition) is 1. The minimum atomic E-state index is -4.16. The fourth-order valence-corrected chi connectivity index (χ4v) is 7.68. The molecule has 0 saturated heterocycles. The van der Waals surface area contributed by atoms with E-state index in [4.69, 9.17) is 0 Å². The molecule has 1 aliphatic rings. The Morgan fingerprint density at radius 2 is 1.54 bits per heavy atom. The van der Waals surface area contributed by atoms with Crippen molar-refractivity contribution >= 4 is 43.5 Å². The van der Waals surface area contributed by atoms with E-state index in [1.165, 1.54) is 0 Å². The molecule has 0 heterocycles. The largest absolute Gasteiger partial charge is 0.352 e. The van der Waals surface area contributed by atoms with Gasteiger partial charge in [-0.1, -0.05) is 107 Å². The number of carbonyl (C=O) groups excluding carboxylic acids is 2. The third-order valence-electron chi connectivity index (χ3n) is 8.56. The van der Waals surface area contributed by atoms with Gasteiger partial charge in [0.2, 0.25) is 11.8 Å². The van der Waals surface area contributed by atoms with Crippen LogP contribution >= 0.6 is 15.9 Å². The average Bonchev–Trinajstić information content (AvgIpc) is 3.56. The van der Waals surface area contributed by atoms with Gasteiger partial charge in [0.25, 0.3) is 10.0 Å². The van der Waals surface area contributed by atoms with Gasteiger partial charge in [0.05, 0.1) is 10.6 Å². The molecule has 5 rings (SSSR count). The Balaban J connectivity index is 1.57. The number of benzene rings is 4. The van der Waals surface area contributed by atoms with Crippen molar-refractivity contribution in [2.24, 2.45) is 0 Å². The molecule has 1 fully saturated rings. The van der Waals surface area contributed by atoms with Gasteiger partial charge in [-0.2, -0.15) is 0 Å². The number of carbonyl (C=O) groups is 2. The molecule has 1 aliphatic carbocycles. The quantitative estimate of drug-likeness (QED) is 0.173. The second kappa shape index (κ2) is 15.1. The average molecular weight is 703 g/mol. The monoisotopic (exact) mass is 701 g/mol.